The average Bonchev–Trinajstić information content (AvgIpc) is 3.06. The molecule has 0 unspecified atom stereocenters. The smallest absolute Gasteiger partial charge is 0.399 e. The standard InChI is InChI=1S/C16H13F3N4O2S/c1-10-8-11(2-7-14(10)20)15-21-9-23(22-15)12-3-5-13(6-4-12)26(24,25)16(17,18)19/h2-9H,20H2,1H3. The zero-order valence-corrected chi connectivity index (χ0v) is 14.2. The minimum absolute atomic E-state index is 0.372. The first-order chi connectivity index (χ1) is 12.1. The third kappa shape index (κ3) is 3.15. The number of hydrogen-bond donors (Lipinski definition) is 1. The van der Waals surface area contributed by atoms with Crippen LogP contribution >= 0.6 is 0 Å². The van der Waals surface area contributed by atoms with E-state index < -0.39 is 20.2 Å². The molecule has 1 aromatic heterocycles. The molecule has 2 aromatic carbocycles. The van der Waals surface area contributed by atoms with Gasteiger partial charge in [0.05, 0.1) is 10.6 Å². The highest BCUT2D eigenvalue weighted by Gasteiger charge is 2.46. The zero-order chi connectivity index (χ0) is 19.1. The Bertz CT molecular complexity index is 1060. The van der Waals surface area contributed by atoms with Crippen molar-refractivity contribution in [1.82, 2.24) is 14.8 Å². The van der Waals surface area contributed by atoms with Gasteiger partial charge >= 0.3 is 5.51 Å². The number of aryl methyl sites for hydroxylation is 1. The summed E-state index contributed by atoms with van der Waals surface area (Å²) >= 11 is 0. The first-order valence-electron chi connectivity index (χ1n) is 7.29. The van der Waals surface area contributed by atoms with Crippen molar-refractivity contribution in [3.63, 3.8) is 0 Å². The fraction of sp³-hybridized carbons (Fsp3) is 0.125. The van der Waals surface area contributed by atoms with Crippen LogP contribution < -0.4 is 5.73 Å². The van der Waals surface area contributed by atoms with E-state index in [2.05, 4.69) is 10.1 Å². The number of sulfone groups is 1. The van der Waals surface area contributed by atoms with Gasteiger partial charge in [-0.1, -0.05) is 0 Å². The number of nitrogens with two attached hydrogens (primary N) is 1. The minimum atomic E-state index is -5.38. The van der Waals surface area contributed by atoms with E-state index >= 15 is 0 Å². The maximum atomic E-state index is 12.6. The largest absolute Gasteiger partial charge is 0.501 e. The first kappa shape index (κ1) is 17.9. The number of halogens is 3. The van der Waals surface area contributed by atoms with Crippen molar-refractivity contribution in [2.24, 2.45) is 0 Å². The highest BCUT2D eigenvalue weighted by Crippen LogP contribution is 2.30. The Balaban J connectivity index is 1.92. The molecule has 26 heavy (non-hydrogen) atoms. The lowest BCUT2D eigenvalue weighted by atomic mass is 10.1. The molecule has 0 saturated heterocycles. The van der Waals surface area contributed by atoms with Gasteiger partial charge in [-0.15, -0.1) is 5.10 Å². The predicted octanol–water partition coefficient (Wildman–Crippen LogP) is 3.12. The molecule has 0 spiro atoms. The second-order valence-corrected chi connectivity index (χ2v) is 7.47. The number of anilines is 1. The summed E-state index contributed by atoms with van der Waals surface area (Å²) in [7, 11) is -5.38. The van der Waals surface area contributed by atoms with E-state index in [1.807, 2.05) is 13.0 Å². The molecule has 3 rings (SSSR count). The number of hydrogen-bond acceptors (Lipinski definition) is 5. The molecule has 136 valence electrons. The lowest BCUT2D eigenvalue weighted by molar-refractivity contribution is -0.0436. The average molecular weight is 382 g/mol. The quantitative estimate of drug-likeness (QED) is 0.703. The Labute approximate surface area is 147 Å². The summed E-state index contributed by atoms with van der Waals surface area (Å²) in [6.45, 7) is 1.84. The lowest BCUT2D eigenvalue weighted by Crippen LogP contribution is -2.23. The molecule has 0 bridgehead atoms. The number of aromatic nitrogens is 3. The van der Waals surface area contributed by atoms with Gasteiger partial charge in [-0.25, -0.2) is 18.1 Å². The van der Waals surface area contributed by atoms with Gasteiger partial charge in [-0.3, -0.25) is 0 Å². The minimum Gasteiger partial charge on any atom is -0.399 e. The van der Waals surface area contributed by atoms with E-state index in [-0.39, 0.29) is 0 Å². The molecule has 0 fully saturated rings. The molecule has 6 nitrogen and oxygen atoms in total. The van der Waals surface area contributed by atoms with Crippen LogP contribution in [0.5, 0.6) is 0 Å². The summed E-state index contributed by atoms with van der Waals surface area (Å²) in [6, 6.07) is 9.51. The van der Waals surface area contributed by atoms with Gasteiger partial charge in [0, 0.05) is 11.3 Å². The number of rotatable bonds is 3. The van der Waals surface area contributed by atoms with Crippen molar-refractivity contribution in [3.05, 3.63) is 54.4 Å². The Morgan fingerprint density at radius 1 is 1.08 bits per heavy atom. The monoisotopic (exact) mass is 382 g/mol. The van der Waals surface area contributed by atoms with Crippen molar-refractivity contribution in [3.8, 4) is 17.1 Å². The summed E-state index contributed by atoms with van der Waals surface area (Å²) in [5.74, 6) is 0.403. The maximum Gasteiger partial charge on any atom is 0.501 e. The number of nitrogen functional groups attached to an aromatic ring is 1. The fourth-order valence-corrected chi connectivity index (χ4v) is 3.01. The molecule has 0 radical (unpaired) electrons. The van der Waals surface area contributed by atoms with Crippen LogP contribution in [0.2, 0.25) is 0 Å². The molecular formula is C16H13F3N4O2S. The molecule has 0 atom stereocenters. The van der Waals surface area contributed by atoms with Gasteiger partial charge in [0.15, 0.2) is 5.82 Å². The van der Waals surface area contributed by atoms with Gasteiger partial charge in [0.25, 0.3) is 9.84 Å². The molecule has 3 aromatic rings. The van der Waals surface area contributed by atoms with Crippen molar-refractivity contribution < 1.29 is 21.6 Å². The molecule has 2 N–H and O–H groups in total. The van der Waals surface area contributed by atoms with Crippen molar-refractivity contribution in [2.45, 2.75) is 17.3 Å². The SMILES string of the molecule is Cc1cc(-c2ncn(-c3ccc(S(=O)(=O)C(F)(F)F)cc3)n2)ccc1N. The second kappa shape index (κ2) is 6.13. The van der Waals surface area contributed by atoms with E-state index in [1.54, 1.807) is 12.1 Å². The number of alkyl halides is 3. The highest BCUT2D eigenvalue weighted by atomic mass is 32.2. The molecule has 0 aliphatic carbocycles. The van der Waals surface area contributed by atoms with Crippen LogP contribution in [0.3, 0.4) is 0 Å². The van der Waals surface area contributed by atoms with E-state index in [1.165, 1.54) is 23.1 Å². The Kier molecular flexibility index (Phi) is 4.23. The Morgan fingerprint density at radius 3 is 2.31 bits per heavy atom. The molecule has 0 saturated carbocycles. The second-order valence-electron chi connectivity index (χ2n) is 5.53. The summed E-state index contributed by atoms with van der Waals surface area (Å²) in [5.41, 5.74) is 3.02. The summed E-state index contributed by atoms with van der Waals surface area (Å²) in [4.78, 5) is 3.33. The van der Waals surface area contributed by atoms with Gasteiger partial charge in [0.2, 0.25) is 0 Å². The lowest BCUT2D eigenvalue weighted by Gasteiger charge is -2.08. The molecule has 0 aliphatic rings. The van der Waals surface area contributed by atoms with E-state index in [4.69, 9.17) is 5.73 Å². The van der Waals surface area contributed by atoms with Crippen LogP contribution in [0.15, 0.2) is 53.7 Å². The van der Waals surface area contributed by atoms with Gasteiger partial charge in [-0.2, -0.15) is 13.2 Å². The molecule has 0 amide bonds. The van der Waals surface area contributed by atoms with Crippen LogP contribution in [-0.4, -0.2) is 28.7 Å². The zero-order valence-electron chi connectivity index (χ0n) is 13.4. The summed E-state index contributed by atoms with van der Waals surface area (Å²) < 4.78 is 61.8. The summed E-state index contributed by atoms with van der Waals surface area (Å²) in [5, 5.41) is 4.26. The van der Waals surface area contributed by atoms with Gasteiger partial charge < -0.3 is 5.73 Å². The normalized spacial score (nSPS) is 12.3. The van der Waals surface area contributed by atoms with Gasteiger partial charge in [-0.05, 0) is 55.0 Å². The van der Waals surface area contributed by atoms with Crippen molar-refractivity contribution in [2.75, 3.05) is 5.73 Å². The first-order valence-corrected chi connectivity index (χ1v) is 8.78. The third-order valence-corrected chi connectivity index (χ3v) is 5.24. The van der Waals surface area contributed by atoms with E-state index in [0.717, 1.165) is 23.3 Å². The maximum absolute atomic E-state index is 12.6. The van der Waals surface area contributed by atoms with E-state index in [9.17, 15) is 21.6 Å². The van der Waals surface area contributed by atoms with Crippen molar-refractivity contribution >= 4 is 15.5 Å². The molecule has 10 heteroatoms. The predicted molar refractivity (Wildman–Crippen MR) is 89.2 cm³/mol. The summed E-state index contributed by atoms with van der Waals surface area (Å²) in [6.07, 6.45) is 1.38. The van der Waals surface area contributed by atoms with Crippen molar-refractivity contribution in [1.29, 1.82) is 0 Å². The Hall–Kier alpha value is -2.88. The van der Waals surface area contributed by atoms with Crippen LogP contribution in [0.25, 0.3) is 17.1 Å². The topological polar surface area (TPSA) is 90.9 Å². The fourth-order valence-electron chi connectivity index (χ4n) is 2.25. The van der Waals surface area contributed by atoms with Crippen LogP contribution in [-0.2, 0) is 9.84 Å². The molecule has 1 heterocycles. The highest BCUT2D eigenvalue weighted by molar-refractivity contribution is 7.92. The number of nitrogens with zero attached hydrogens (tertiary/aromatic N) is 3. The van der Waals surface area contributed by atoms with Crippen LogP contribution in [0.4, 0.5) is 18.9 Å². The molecule has 0 aliphatic heterocycles. The van der Waals surface area contributed by atoms with E-state index in [0.29, 0.717) is 17.2 Å². The van der Waals surface area contributed by atoms with Crippen LogP contribution in [0, 0.1) is 6.92 Å². The van der Waals surface area contributed by atoms with Gasteiger partial charge in [0.1, 0.15) is 6.33 Å². The molecular weight excluding hydrogens is 369 g/mol. The van der Waals surface area contributed by atoms with Crippen LogP contribution in [0.1, 0.15) is 5.56 Å². The Morgan fingerprint density at radius 2 is 1.73 bits per heavy atom. The third-order valence-electron chi connectivity index (χ3n) is 3.74. The number of benzene rings is 2.